The highest BCUT2D eigenvalue weighted by molar-refractivity contribution is 6.34. The second kappa shape index (κ2) is 6.42. The molecule has 0 fully saturated rings. The summed E-state index contributed by atoms with van der Waals surface area (Å²) in [5.41, 5.74) is 2.18. The highest BCUT2D eigenvalue weighted by Gasteiger charge is 2.09. The Kier molecular flexibility index (Phi) is 4.62. The second-order valence-corrected chi connectivity index (χ2v) is 4.77. The number of nitrogens with zero attached hydrogens (tertiary/aromatic N) is 1. The number of alkyl halides is 1. The van der Waals surface area contributed by atoms with Crippen molar-refractivity contribution in [3.05, 3.63) is 64.2 Å². The lowest BCUT2D eigenvalue weighted by Crippen LogP contribution is -2.12. The van der Waals surface area contributed by atoms with Gasteiger partial charge in [0.05, 0.1) is 22.3 Å². The minimum absolute atomic E-state index is 0.297. The lowest BCUT2D eigenvalue weighted by atomic mass is 10.1. The zero-order valence-electron chi connectivity index (χ0n) is 10.4. The van der Waals surface area contributed by atoms with Gasteiger partial charge >= 0.3 is 0 Å². The van der Waals surface area contributed by atoms with Gasteiger partial charge in [0.1, 0.15) is 0 Å². The van der Waals surface area contributed by atoms with Gasteiger partial charge in [0.15, 0.2) is 0 Å². The predicted octanol–water partition coefficient (Wildman–Crippen LogP) is 4.20. The fraction of sp³-hybridized carbons (Fsp3) is 0.0667. The monoisotopic (exact) mass is 304 g/mol. The third-order valence-electron chi connectivity index (χ3n) is 2.69. The number of halogens is 2. The van der Waals surface area contributed by atoms with Crippen molar-refractivity contribution < 1.29 is 4.79 Å². The number of hydrogen-bond acceptors (Lipinski definition) is 2. The van der Waals surface area contributed by atoms with E-state index >= 15 is 0 Å². The zero-order chi connectivity index (χ0) is 14.5. The summed E-state index contributed by atoms with van der Waals surface area (Å²) in [6, 6.07) is 13.7. The fourth-order valence-corrected chi connectivity index (χ4v) is 2.01. The number of nitriles is 1. The maximum atomic E-state index is 12.1. The molecule has 0 saturated heterocycles. The maximum absolute atomic E-state index is 12.1. The molecule has 100 valence electrons. The number of carbonyl (C=O) groups is 1. The van der Waals surface area contributed by atoms with Gasteiger partial charge in [-0.3, -0.25) is 4.79 Å². The van der Waals surface area contributed by atoms with E-state index in [1.807, 2.05) is 12.1 Å². The molecule has 1 N–H and O–H groups in total. The Labute approximate surface area is 126 Å². The van der Waals surface area contributed by atoms with Crippen molar-refractivity contribution in [1.29, 1.82) is 5.26 Å². The number of amides is 1. The van der Waals surface area contributed by atoms with Crippen LogP contribution in [0.2, 0.25) is 5.02 Å². The lowest BCUT2D eigenvalue weighted by Gasteiger charge is -2.08. The molecule has 2 aromatic carbocycles. The molecule has 0 bridgehead atoms. The van der Waals surface area contributed by atoms with E-state index in [0.717, 1.165) is 5.56 Å². The Morgan fingerprint density at radius 1 is 1.25 bits per heavy atom. The molecular weight excluding hydrogens is 295 g/mol. The molecule has 0 unspecified atom stereocenters. The van der Waals surface area contributed by atoms with Gasteiger partial charge in [0.2, 0.25) is 0 Å². The summed E-state index contributed by atoms with van der Waals surface area (Å²) in [7, 11) is 0. The third-order valence-corrected chi connectivity index (χ3v) is 3.33. The highest BCUT2D eigenvalue weighted by Crippen LogP contribution is 2.23. The number of carbonyl (C=O) groups excluding carboxylic acids is 1. The van der Waals surface area contributed by atoms with Crippen LogP contribution >= 0.6 is 23.2 Å². The summed E-state index contributed by atoms with van der Waals surface area (Å²) in [4.78, 5) is 12.1. The molecule has 2 aromatic rings. The van der Waals surface area contributed by atoms with E-state index in [9.17, 15) is 4.79 Å². The van der Waals surface area contributed by atoms with E-state index in [-0.39, 0.29) is 5.91 Å². The number of nitrogens with one attached hydrogen (secondary N) is 1. The Morgan fingerprint density at radius 2 is 2.05 bits per heavy atom. The maximum Gasteiger partial charge on any atom is 0.255 e. The zero-order valence-corrected chi connectivity index (χ0v) is 11.9. The number of rotatable bonds is 3. The van der Waals surface area contributed by atoms with Crippen LogP contribution in [0.3, 0.4) is 0 Å². The average molecular weight is 305 g/mol. The molecule has 20 heavy (non-hydrogen) atoms. The van der Waals surface area contributed by atoms with Gasteiger partial charge in [-0.2, -0.15) is 5.26 Å². The predicted molar refractivity (Wildman–Crippen MR) is 80.1 cm³/mol. The highest BCUT2D eigenvalue weighted by atomic mass is 35.5. The molecule has 0 aromatic heterocycles. The first-order chi connectivity index (χ1) is 9.63. The van der Waals surface area contributed by atoms with Crippen LogP contribution in [0.25, 0.3) is 0 Å². The lowest BCUT2D eigenvalue weighted by molar-refractivity contribution is 0.102. The van der Waals surface area contributed by atoms with E-state index in [2.05, 4.69) is 5.32 Å². The van der Waals surface area contributed by atoms with Gasteiger partial charge < -0.3 is 5.32 Å². The van der Waals surface area contributed by atoms with Crippen LogP contribution in [-0.4, -0.2) is 5.91 Å². The Hall–Kier alpha value is -2.02. The fourth-order valence-electron chi connectivity index (χ4n) is 1.68. The molecule has 0 heterocycles. The molecule has 0 atom stereocenters. The minimum atomic E-state index is -0.297. The van der Waals surface area contributed by atoms with E-state index in [4.69, 9.17) is 28.5 Å². The molecule has 2 rings (SSSR count). The number of benzene rings is 2. The van der Waals surface area contributed by atoms with E-state index < -0.39 is 0 Å². The summed E-state index contributed by atoms with van der Waals surface area (Å²) < 4.78 is 0. The van der Waals surface area contributed by atoms with Crippen LogP contribution < -0.4 is 5.32 Å². The molecule has 0 spiro atoms. The smallest absolute Gasteiger partial charge is 0.255 e. The first-order valence-electron chi connectivity index (χ1n) is 5.80. The van der Waals surface area contributed by atoms with Gasteiger partial charge in [-0.25, -0.2) is 0 Å². The third kappa shape index (κ3) is 3.30. The average Bonchev–Trinajstić information content (AvgIpc) is 2.49. The first-order valence-corrected chi connectivity index (χ1v) is 6.71. The molecule has 0 aliphatic rings. The van der Waals surface area contributed by atoms with Gasteiger partial charge in [-0.05, 0) is 35.9 Å². The van der Waals surface area contributed by atoms with Crippen LogP contribution in [-0.2, 0) is 5.88 Å². The Bertz CT molecular complexity index is 693. The molecule has 5 heteroatoms. The molecule has 1 amide bonds. The van der Waals surface area contributed by atoms with Crippen molar-refractivity contribution in [3.8, 4) is 6.07 Å². The van der Waals surface area contributed by atoms with Gasteiger partial charge in [-0.1, -0.05) is 23.7 Å². The quantitative estimate of drug-likeness (QED) is 0.864. The summed E-state index contributed by atoms with van der Waals surface area (Å²) in [6.45, 7) is 0. The van der Waals surface area contributed by atoms with Crippen molar-refractivity contribution >= 4 is 34.8 Å². The molecule has 0 aliphatic carbocycles. The van der Waals surface area contributed by atoms with Gasteiger partial charge in [0.25, 0.3) is 5.91 Å². The number of anilines is 1. The van der Waals surface area contributed by atoms with Crippen molar-refractivity contribution in [2.75, 3.05) is 5.32 Å². The summed E-state index contributed by atoms with van der Waals surface area (Å²) in [5.74, 6) is 0.0418. The van der Waals surface area contributed by atoms with Crippen LogP contribution in [0.4, 0.5) is 5.69 Å². The largest absolute Gasteiger partial charge is 0.321 e. The molecular formula is C15H10Cl2N2O. The molecule has 0 radical (unpaired) electrons. The van der Waals surface area contributed by atoms with Crippen molar-refractivity contribution in [1.82, 2.24) is 0 Å². The van der Waals surface area contributed by atoms with E-state index in [0.29, 0.717) is 27.7 Å². The molecule has 0 saturated carbocycles. The van der Waals surface area contributed by atoms with E-state index in [1.165, 1.54) is 6.07 Å². The normalized spacial score (nSPS) is 9.85. The van der Waals surface area contributed by atoms with Gasteiger partial charge in [0, 0.05) is 11.4 Å². The van der Waals surface area contributed by atoms with Crippen LogP contribution in [0, 0.1) is 11.3 Å². The van der Waals surface area contributed by atoms with Crippen LogP contribution in [0.15, 0.2) is 42.5 Å². The number of hydrogen-bond donors (Lipinski definition) is 1. The van der Waals surface area contributed by atoms with Crippen LogP contribution in [0.1, 0.15) is 21.5 Å². The van der Waals surface area contributed by atoms with E-state index in [1.54, 1.807) is 30.3 Å². The SMILES string of the molecule is N#Cc1ccc(Cl)c(NC(=O)c2cccc(CCl)c2)c1. The Morgan fingerprint density at radius 3 is 2.75 bits per heavy atom. The van der Waals surface area contributed by atoms with Crippen molar-refractivity contribution in [2.24, 2.45) is 0 Å². The van der Waals surface area contributed by atoms with Crippen molar-refractivity contribution in [3.63, 3.8) is 0 Å². The molecule has 0 aliphatic heterocycles. The first kappa shape index (κ1) is 14.4. The van der Waals surface area contributed by atoms with Gasteiger partial charge in [-0.15, -0.1) is 11.6 Å². The summed E-state index contributed by atoms with van der Waals surface area (Å²) >= 11 is 11.7. The van der Waals surface area contributed by atoms with Crippen LogP contribution in [0.5, 0.6) is 0 Å². The topological polar surface area (TPSA) is 52.9 Å². The van der Waals surface area contributed by atoms with Crippen molar-refractivity contribution in [2.45, 2.75) is 5.88 Å². The summed E-state index contributed by atoms with van der Waals surface area (Å²) in [5, 5.41) is 11.9. The Balaban J connectivity index is 2.25. The standard InChI is InChI=1S/C15H10Cl2N2O/c16-8-10-2-1-3-12(6-10)15(20)19-14-7-11(9-18)4-5-13(14)17/h1-7H,8H2,(H,19,20). The minimum Gasteiger partial charge on any atom is -0.321 e. The summed E-state index contributed by atoms with van der Waals surface area (Å²) in [6.07, 6.45) is 0. The molecule has 3 nitrogen and oxygen atoms in total. The second-order valence-electron chi connectivity index (χ2n) is 4.09.